The van der Waals surface area contributed by atoms with Crippen LogP contribution in [0.1, 0.15) is 40.7 Å². The minimum Gasteiger partial charge on any atom is -0.444 e. The van der Waals surface area contributed by atoms with Crippen LogP contribution in [-0.4, -0.2) is 52.5 Å². The van der Waals surface area contributed by atoms with Gasteiger partial charge in [-0.05, 0) is 34.6 Å². The van der Waals surface area contributed by atoms with Crippen molar-refractivity contribution in [1.82, 2.24) is 25.4 Å². The molecule has 138 valence electrons. The van der Waals surface area contributed by atoms with Gasteiger partial charge in [-0.3, -0.25) is 4.79 Å². The second-order valence-corrected chi connectivity index (χ2v) is 6.92. The number of allylic oxidation sites excluding steroid dienone is 1. The lowest BCUT2D eigenvalue weighted by Gasteiger charge is -2.31. The van der Waals surface area contributed by atoms with Gasteiger partial charge in [0.2, 0.25) is 5.95 Å². The van der Waals surface area contributed by atoms with Crippen molar-refractivity contribution in [1.29, 1.82) is 0 Å². The van der Waals surface area contributed by atoms with E-state index in [-0.39, 0.29) is 18.5 Å². The van der Waals surface area contributed by atoms with Gasteiger partial charge in [0.25, 0.3) is 5.91 Å². The first kappa shape index (κ1) is 18.8. The summed E-state index contributed by atoms with van der Waals surface area (Å²) in [5, 5.41) is 9.62. The van der Waals surface area contributed by atoms with E-state index in [4.69, 9.17) is 4.74 Å². The van der Waals surface area contributed by atoms with Crippen molar-refractivity contribution in [3.63, 3.8) is 0 Å². The average molecular weight is 350 g/mol. The minimum atomic E-state index is -0.549. The first-order valence-corrected chi connectivity index (χ1v) is 8.21. The largest absolute Gasteiger partial charge is 0.444 e. The molecule has 0 saturated carbocycles. The number of hydrogen-bond acceptors (Lipinski definition) is 6. The van der Waals surface area contributed by atoms with Gasteiger partial charge in [-0.1, -0.05) is 0 Å². The first-order valence-electron chi connectivity index (χ1n) is 8.21. The number of anilines is 1. The van der Waals surface area contributed by atoms with Gasteiger partial charge in [0.05, 0.1) is 11.6 Å². The molecule has 1 aromatic rings. The maximum absolute atomic E-state index is 12.6. The van der Waals surface area contributed by atoms with Crippen LogP contribution in [-0.2, 0) is 9.53 Å². The summed E-state index contributed by atoms with van der Waals surface area (Å²) in [7, 11) is 1.85. The topological polar surface area (TPSA) is 101 Å². The van der Waals surface area contributed by atoms with Crippen LogP contribution in [0.15, 0.2) is 17.6 Å². The summed E-state index contributed by atoms with van der Waals surface area (Å²) in [5.74, 6) is 0.511. The molecule has 0 saturated heterocycles. The number of alkyl carbamates (subject to hydrolysis) is 1. The van der Waals surface area contributed by atoms with Crippen molar-refractivity contribution >= 4 is 17.9 Å². The number of nitrogens with one attached hydrogen (secondary N) is 2. The van der Waals surface area contributed by atoms with Crippen molar-refractivity contribution in [2.24, 2.45) is 0 Å². The Labute approximate surface area is 147 Å². The number of carbonyl (C=O) groups excluding carboxylic acids is 2. The smallest absolute Gasteiger partial charge is 0.407 e. The van der Waals surface area contributed by atoms with Gasteiger partial charge < -0.3 is 20.3 Å². The van der Waals surface area contributed by atoms with Crippen LogP contribution >= 0.6 is 0 Å². The van der Waals surface area contributed by atoms with Crippen molar-refractivity contribution in [3.8, 4) is 0 Å². The second-order valence-electron chi connectivity index (χ2n) is 6.92. The molecule has 0 spiro atoms. The molecule has 1 aliphatic rings. The van der Waals surface area contributed by atoms with E-state index in [1.807, 2.05) is 25.8 Å². The Morgan fingerprint density at radius 1 is 1.28 bits per heavy atom. The van der Waals surface area contributed by atoms with E-state index in [1.165, 1.54) is 6.33 Å². The summed E-state index contributed by atoms with van der Waals surface area (Å²) in [6, 6.07) is -0.215. The summed E-state index contributed by atoms with van der Waals surface area (Å²) < 4.78 is 6.85. The molecule has 9 nitrogen and oxygen atoms in total. The van der Waals surface area contributed by atoms with Gasteiger partial charge in [0.15, 0.2) is 0 Å². The van der Waals surface area contributed by atoms with Crippen LogP contribution in [0, 0.1) is 0 Å². The van der Waals surface area contributed by atoms with Crippen LogP contribution < -0.4 is 15.5 Å². The summed E-state index contributed by atoms with van der Waals surface area (Å²) in [5.41, 5.74) is 0.899. The van der Waals surface area contributed by atoms with Crippen LogP contribution in [0.3, 0.4) is 0 Å². The molecule has 1 unspecified atom stereocenters. The van der Waals surface area contributed by atoms with Crippen molar-refractivity contribution in [2.45, 2.75) is 46.3 Å². The molecule has 0 aromatic carbocycles. The van der Waals surface area contributed by atoms with E-state index >= 15 is 0 Å². The highest BCUT2D eigenvalue weighted by Gasteiger charge is 2.31. The Kier molecular flexibility index (Phi) is 5.34. The zero-order valence-corrected chi connectivity index (χ0v) is 15.6. The third-order valence-corrected chi connectivity index (χ3v) is 3.86. The highest BCUT2D eigenvalue weighted by Crippen LogP contribution is 2.31. The van der Waals surface area contributed by atoms with Gasteiger partial charge >= 0.3 is 6.09 Å². The summed E-state index contributed by atoms with van der Waals surface area (Å²) >= 11 is 0. The Bertz CT molecular complexity index is 688. The molecule has 0 bridgehead atoms. The fraction of sp³-hybridized carbons (Fsp3) is 0.625. The van der Waals surface area contributed by atoms with Gasteiger partial charge in [-0.15, -0.1) is 0 Å². The maximum atomic E-state index is 12.6. The zero-order valence-electron chi connectivity index (χ0n) is 15.6. The Balaban J connectivity index is 1.91. The van der Waals surface area contributed by atoms with E-state index in [0.29, 0.717) is 18.1 Å². The Hall–Kier alpha value is -2.58. The van der Waals surface area contributed by atoms with Crippen LogP contribution in [0.25, 0.3) is 0 Å². The monoisotopic (exact) mass is 350 g/mol. The van der Waals surface area contributed by atoms with E-state index in [1.54, 1.807) is 25.5 Å². The summed E-state index contributed by atoms with van der Waals surface area (Å²) in [4.78, 5) is 30.2. The molecule has 0 fully saturated rings. The zero-order chi connectivity index (χ0) is 18.8. The lowest BCUT2D eigenvalue weighted by Crippen LogP contribution is -2.41. The highest BCUT2D eigenvalue weighted by atomic mass is 16.6. The number of ether oxygens (including phenoxy) is 1. The third kappa shape index (κ3) is 4.28. The minimum absolute atomic E-state index is 0.191. The average Bonchev–Trinajstić information content (AvgIpc) is 2.98. The van der Waals surface area contributed by atoms with Crippen LogP contribution in [0.5, 0.6) is 0 Å². The predicted octanol–water partition coefficient (Wildman–Crippen LogP) is 1.20. The number of nitrogens with zero attached hydrogens (tertiary/aromatic N) is 4. The molecule has 0 radical (unpaired) electrons. The van der Waals surface area contributed by atoms with Crippen LogP contribution in [0.2, 0.25) is 0 Å². The van der Waals surface area contributed by atoms with Gasteiger partial charge in [-0.25, -0.2) is 9.48 Å². The molecule has 2 rings (SSSR count). The standard InChI is InChI=1S/C16H26N6O3/c1-10-12(11(2)22-14(21(10)6)19-9-20-22)13(23)17-7-8-18-15(24)25-16(3,4)5/h9,11H,7-8H2,1-6H3,(H,17,23)(H,18,24). The van der Waals surface area contributed by atoms with Gasteiger partial charge in [-0.2, -0.15) is 10.1 Å². The Morgan fingerprint density at radius 2 is 1.92 bits per heavy atom. The number of rotatable bonds is 4. The summed E-state index contributed by atoms with van der Waals surface area (Å²) in [6.07, 6.45) is 0.969. The molecular weight excluding hydrogens is 324 g/mol. The van der Waals surface area contributed by atoms with Crippen molar-refractivity contribution < 1.29 is 14.3 Å². The Morgan fingerprint density at radius 3 is 2.56 bits per heavy atom. The highest BCUT2D eigenvalue weighted by molar-refractivity contribution is 5.96. The fourth-order valence-corrected chi connectivity index (χ4v) is 2.62. The number of carbonyl (C=O) groups is 2. The van der Waals surface area contributed by atoms with E-state index in [0.717, 1.165) is 5.70 Å². The van der Waals surface area contributed by atoms with Crippen molar-refractivity contribution in [3.05, 3.63) is 17.6 Å². The molecule has 9 heteroatoms. The van der Waals surface area contributed by atoms with E-state index < -0.39 is 11.7 Å². The molecule has 2 amide bonds. The molecule has 2 N–H and O–H groups in total. The van der Waals surface area contributed by atoms with Crippen LogP contribution in [0.4, 0.5) is 10.7 Å². The lowest BCUT2D eigenvalue weighted by atomic mass is 10.0. The molecule has 25 heavy (non-hydrogen) atoms. The maximum Gasteiger partial charge on any atom is 0.407 e. The molecule has 1 atom stereocenters. The number of aromatic nitrogens is 3. The second kappa shape index (κ2) is 7.12. The van der Waals surface area contributed by atoms with Gasteiger partial charge in [0, 0.05) is 25.8 Å². The molecule has 0 aliphatic carbocycles. The molecular formula is C16H26N6O3. The van der Waals surface area contributed by atoms with Gasteiger partial charge in [0.1, 0.15) is 11.9 Å². The predicted molar refractivity (Wildman–Crippen MR) is 93.1 cm³/mol. The van der Waals surface area contributed by atoms with Crippen molar-refractivity contribution in [2.75, 3.05) is 25.0 Å². The SMILES string of the molecule is CC1=C(C(=O)NCCNC(=O)OC(C)(C)C)C(C)n2ncnc2N1C. The van der Waals surface area contributed by atoms with E-state index in [9.17, 15) is 9.59 Å². The quantitative estimate of drug-likeness (QED) is 0.792. The molecule has 1 aliphatic heterocycles. The van der Waals surface area contributed by atoms with E-state index in [2.05, 4.69) is 20.7 Å². The fourth-order valence-electron chi connectivity index (χ4n) is 2.62. The molecule has 2 heterocycles. The summed E-state index contributed by atoms with van der Waals surface area (Å²) in [6.45, 7) is 9.75. The molecule has 1 aromatic heterocycles. The number of amides is 2. The third-order valence-electron chi connectivity index (χ3n) is 3.86. The number of fused-ring (bicyclic) bond motifs is 1. The normalized spacial score (nSPS) is 17.2. The first-order chi connectivity index (χ1) is 11.6. The number of hydrogen-bond donors (Lipinski definition) is 2. The lowest BCUT2D eigenvalue weighted by molar-refractivity contribution is -0.118.